The van der Waals surface area contributed by atoms with Crippen molar-refractivity contribution in [3.8, 4) is 89.7 Å². The van der Waals surface area contributed by atoms with E-state index in [4.69, 9.17) is 15.0 Å². The van der Waals surface area contributed by atoms with Gasteiger partial charge in [-0.15, -0.1) is 0 Å². The minimum Gasteiger partial charge on any atom is -0.264 e. The summed E-state index contributed by atoms with van der Waals surface area (Å²) in [5.41, 5.74) is 16.7. The van der Waals surface area contributed by atoms with E-state index in [9.17, 15) is 8.42 Å². The highest BCUT2D eigenvalue weighted by atomic mass is 32.2. The van der Waals surface area contributed by atoms with Crippen molar-refractivity contribution in [2.75, 3.05) is 0 Å². The summed E-state index contributed by atoms with van der Waals surface area (Å²) in [5, 5.41) is 0. The monoisotopic (exact) mass is 838 g/mol. The predicted octanol–water partition coefficient (Wildman–Crippen LogP) is 12.8. The molecule has 0 amide bonds. The topological polar surface area (TPSA) is 85.7 Å². The first-order valence-corrected chi connectivity index (χ1v) is 22.8. The molecular weight excluding hydrogens is 805 g/mol. The van der Waals surface area contributed by atoms with E-state index in [2.05, 4.69) is 96.0 Å². The van der Waals surface area contributed by atoms with Crippen molar-refractivity contribution < 1.29 is 8.42 Å². The lowest BCUT2D eigenvalue weighted by molar-refractivity contribution is 0.599. The summed E-state index contributed by atoms with van der Waals surface area (Å²) in [6, 6.07) is 64.0. The van der Waals surface area contributed by atoms with Crippen LogP contribution in [0.15, 0.2) is 216 Å². The summed E-state index contributed by atoms with van der Waals surface area (Å²) in [5.74, 6) is 0.599. The van der Waals surface area contributed by atoms with Crippen LogP contribution in [-0.2, 0) is 15.3 Å². The Morgan fingerprint density at radius 1 is 0.391 bits per heavy atom. The van der Waals surface area contributed by atoms with Crippen LogP contribution in [0.3, 0.4) is 0 Å². The van der Waals surface area contributed by atoms with Crippen LogP contribution in [0.1, 0.15) is 22.3 Å². The molecule has 0 bridgehead atoms. The lowest BCUT2D eigenvalue weighted by atomic mass is 9.65. The molecule has 10 aromatic rings. The zero-order valence-corrected chi connectivity index (χ0v) is 35.0. The second-order valence-electron chi connectivity index (χ2n) is 16.5. The van der Waals surface area contributed by atoms with Gasteiger partial charge >= 0.3 is 0 Å². The Morgan fingerprint density at radius 2 is 0.984 bits per heavy atom. The highest BCUT2D eigenvalue weighted by Gasteiger charge is 2.52. The molecule has 0 saturated heterocycles. The Morgan fingerprint density at radius 3 is 1.72 bits per heavy atom. The summed E-state index contributed by atoms with van der Waals surface area (Å²) < 4.78 is 29.7. The molecular formula is C57H34N4O2S. The largest absolute Gasteiger partial charge is 0.264 e. The molecule has 7 heteroatoms. The molecule has 3 aliphatic rings. The second kappa shape index (κ2) is 13.7. The molecule has 0 saturated carbocycles. The minimum atomic E-state index is -3.86. The molecule has 1 spiro atoms. The van der Waals surface area contributed by atoms with Crippen LogP contribution in [0.5, 0.6) is 0 Å². The molecule has 0 fully saturated rings. The van der Waals surface area contributed by atoms with Crippen molar-refractivity contribution in [1.82, 2.24) is 19.9 Å². The highest BCUT2D eigenvalue weighted by molar-refractivity contribution is 7.92. The molecule has 2 aliphatic carbocycles. The standard InChI is InChI=1S/C57H34N4O2S/c62-64(63)53-23-11-8-19-43(53)44-27-28-48-54(55(44)64)45-20-7-10-22-47(45)57(48)46-21-9-6-18-41(46)39-16-4-5-17-40(39)42-26-24-36(31-49(42)57)51-32-52(61-56(60-51)35-13-2-1-3-14-35)38-25-29-50(59-34-38)37-15-12-30-58-33-37/h1-34H. The van der Waals surface area contributed by atoms with Gasteiger partial charge in [-0.3, -0.25) is 9.97 Å². The number of pyridine rings is 2. The summed E-state index contributed by atoms with van der Waals surface area (Å²) in [4.78, 5) is 20.3. The fourth-order valence-corrected chi connectivity index (χ4v) is 12.4. The third kappa shape index (κ3) is 5.10. The van der Waals surface area contributed by atoms with Crippen LogP contribution in [0, 0.1) is 0 Å². The summed E-state index contributed by atoms with van der Waals surface area (Å²) in [7, 11) is -3.86. The van der Waals surface area contributed by atoms with E-state index in [1.54, 1.807) is 12.3 Å². The molecule has 1 unspecified atom stereocenters. The SMILES string of the molecule is O=S1(=O)c2ccccc2-c2ccc3c(c21)-c1ccccc1C31c2ccccc2-c2ccccc2-c2ccc(-c3cc(-c4ccc(-c5cccnc5)nc4)nc(-c4ccccc4)n3)cc21. The number of rotatable bonds is 4. The van der Waals surface area contributed by atoms with Crippen molar-refractivity contribution in [1.29, 1.82) is 0 Å². The molecule has 7 aromatic carbocycles. The van der Waals surface area contributed by atoms with Crippen LogP contribution in [0.4, 0.5) is 0 Å². The van der Waals surface area contributed by atoms with Crippen LogP contribution in [0.25, 0.3) is 89.7 Å². The highest BCUT2D eigenvalue weighted by Crippen LogP contribution is 2.64. The Balaban J connectivity index is 1.10. The molecule has 64 heavy (non-hydrogen) atoms. The molecule has 4 heterocycles. The van der Waals surface area contributed by atoms with Crippen molar-refractivity contribution in [3.63, 3.8) is 0 Å². The fourth-order valence-electron chi connectivity index (χ4n) is 10.5. The van der Waals surface area contributed by atoms with Gasteiger partial charge in [-0.1, -0.05) is 146 Å². The van der Waals surface area contributed by atoms with E-state index in [0.29, 0.717) is 15.6 Å². The average Bonchev–Trinajstić information content (AvgIpc) is 3.75. The fraction of sp³-hybridized carbons (Fsp3) is 0.0175. The molecule has 6 nitrogen and oxygen atoms in total. The molecule has 3 aromatic heterocycles. The summed E-state index contributed by atoms with van der Waals surface area (Å²) in [6.07, 6.45) is 5.43. The maximum absolute atomic E-state index is 14.9. The Hall–Kier alpha value is -8.13. The van der Waals surface area contributed by atoms with Gasteiger partial charge in [0, 0.05) is 57.5 Å². The van der Waals surface area contributed by atoms with E-state index in [-0.39, 0.29) is 0 Å². The van der Waals surface area contributed by atoms with E-state index < -0.39 is 15.3 Å². The number of hydrogen-bond acceptors (Lipinski definition) is 6. The quantitative estimate of drug-likeness (QED) is 0.175. The van der Waals surface area contributed by atoms with Gasteiger partial charge in [0.15, 0.2) is 5.82 Å². The number of fused-ring (bicyclic) bond motifs is 16. The molecule has 1 atom stereocenters. The van der Waals surface area contributed by atoms with E-state index in [1.807, 2.05) is 103 Å². The third-order valence-corrected chi connectivity index (χ3v) is 15.1. The normalized spacial score (nSPS) is 15.5. The molecule has 0 radical (unpaired) electrons. The van der Waals surface area contributed by atoms with Crippen LogP contribution < -0.4 is 0 Å². The molecule has 300 valence electrons. The van der Waals surface area contributed by atoms with Gasteiger partial charge in [-0.05, 0) is 92.5 Å². The first-order valence-electron chi connectivity index (χ1n) is 21.3. The first kappa shape index (κ1) is 36.5. The van der Waals surface area contributed by atoms with Crippen molar-refractivity contribution in [2.45, 2.75) is 15.2 Å². The second-order valence-corrected chi connectivity index (χ2v) is 18.4. The van der Waals surface area contributed by atoms with Crippen LogP contribution in [-0.4, -0.2) is 28.4 Å². The lowest BCUT2D eigenvalue weighted by Gasteiger charge is -2.35. The number of aromatic nitrogens is 4. The maximum Gasteiger partial charge on any atom is 0.208 e. The first-order chi connectivity index (χ1) is 31.5. The Labute approximate surface area is 370 Å². The summed E-state index contributed by atoms with van der Waals surface area (Å²) >= 11 is 0. The molecule has 1 aliphatic heterocycles. The number of hydrogen-bond donors (Lipinski definition) is 0. The van der Waals surface area contributed by atoms with Gasteiger partial charge < -0.3 is 0 Å². The van der Waals surface area contributed by atoms with E-state index in [0.717, 1.165) is 106 Å². The zero-order valence-electron chi connectivity index (χ0n) is 34.1. The average molecular weight is 839 g/mol. The summed E-state index contributed by atoms with van der Waals surface area (Å²) in [6.45, 7) is 0. The minimum absolute atomic E-state index is 0.351. The molecule has 0 N–H and O–H groups in total. The van der Waals surface area contributed by atoms with E-state index in [1.165, 1.54) is 0 Å². The zero-order chi connectivity index (χ0) is 42.6. The number of sulfone groups is 1. The Bertz CT molecular complexity index is 3680. The number of nitrogens with zero attached hydrogens (tertiary/aromatic N) is 4. The number of benzene rings is 7. The third-order valence-electron chi connectivity index (χ3n) is 13.2. The smallest absolute Gasteiger partial charge is 0.208 e. The van der Waals surface area contributed by atoms with E-state index >= 15 is 0 Å². The van der Waals surface area contributed by atoms with Gasteiger partial charge in [-0.25, -0.2) is 18.4 Å². The van der Waals surface area contributed by atoms with Gasteiger partial charge in [0.2, 0.25) is 9.84 Å². The molecule has 13 rings (SSSR count). The lowest BCUT2D eigenvalue weighted by Crippen LogP contribution is -2.29. The van der Waals surface area contributed by atoms with Gasteiger partial charge in [-0.2, -0.15) is 0 Å². The predicted molar refractivity (Wildman–Crippen MR) is 252 cm³/mol. The van der Waals surface area contributed by atoms with Crippen molar-refractivity contribution >= 4 is 9.84 Å². The van der Waals surface area contributed by atoms with Crippen molar-refractivity contribution in [3.05, 3.63) is 229 Å². The Kier molecular flexibility index (Phi) is 7.81. The van der Waals surface area contributed by atoms with Crippen LogP contribution >= 0.6 is 0 Å². The maximum atomic E-state index is 14.9. The van der Waals surface area contributed by atoms with Crippen molar-refractivity contribution in [2.24, 2.45) is 0 Å². The van der Waals surface area contributed by atoms with Gasteiger partial charge in [0.25, 0.3) is 0 Å². The van der Waals surface area contributed by atoms with Gasteiger partial charge in [0.05, 0.1) is 32.3 Å². The van der Waals surface area contributed by atoms with Crippen LogP contribution in [0.2, 0.25) is 0 Å². The van der Waals surface area contributed by atoms with Gasteiger partial charge in [0.1, 0.15) is 0 Å².